The molecule has 0 spiro atoms. The Morgan fingerprint density at radius 3 is 2.67 bits per heavy atom. The van der Waals surface area contributed by atoms with Gasteiger partial charge in [-0.05, 0) is 0 Å². The lowest BCUT2D eigenvalue weighted by atomic mass is 9.96. The number of fused-ring (bicyclic) bond motifs is 1. The lowest BCUT2D eigenvalue weighted by Crippen LogP contribution is -2.55. The van der Waals surface area contributed by atoms with E-state index < -0.39 is 36.1 Å². The van der Waals surface area contributed by atoms with Crippen molar-refractivity contribution in [3.63, 3.8) is 0 Å². The summed E-state index contributed by atoms with van der Waals surface area (Å²) in [6, 6.07) is -0.560. The van der Waals surface area contributed by atoms with Gasteiger partial charge in [-0.3, -0.25) is 4.99 Å². The van der Waals surface area contributed by atoms with Crippen molar-refractivity contribution in [3.8, 4) is 0 Å². The molecule has 2 aliphatic heterocycles. The molecule has 0 saturated carbocycles. The number of ether oxygens (including phenoxy) is 1. The van der Waals surface area contributed by atoms with Gasteiger partial charge in [0.1, 0.15) is 23.7 Å². The first kappa shape index (κ1) is 14.0. The lowest BCUT2D eigenvalue weighted by molar-refractivity contribution is -0.169. The fourth-order valence-electron chi connectivity index (χ4n) is 2.02. The third-order valence-corrected chi connectivity index (χ3v) is 4.26. The molecule has 0 radical (unpaired) electrons. The molecule has 0 aromatic rings. The first-order valence-electron chi connectivity index (χ1n) is 5.65. The maximum absolute atomic E-state index is 12.6. The van der Waals surface area contributed by atoms with Crippen molar-refractivity contribution in [2.45, 2.75) is 42.6 Å². The molecule has 0 unspecified atom stereocenters. The molecule has 0 amide bonds. The smallest absolute Gasteiger partial charge is 0.198 e. The van der Waals surface area contributed by atoms with Crippen LogP contribution in [0.1, 0.15) is 6.42 Å². The number of aliphatic hydroxyl groups is 3. The first-order valence-corrected chi connectivity index (χ1v) is 6.53. The molecule has 1 saturated heterocycles. The largest absolute Gasteiger partial charge is 0.388 e. The summed E-state index contributed by atoms with van der Waals surface area (Å²) in [7, 11) is 3.63. The fourth-order valence-corrected chi connectivity index (χ4v) is 3.18. The van der Waals surface area contributed by atoms with Crippen LogP contribution in [0.5, 0.6) is 0 Å². The van der Waals surface area contributed by atoms with Crippen LogP contribution in [0.2, 0.25) is 0 Å². The minimum atomic E-state index is -2.07. The first-order chi connectivity index (χ1) is 8.40. The molecule has 8 heteroatoms. The Morgan fingerprint density at radius 2 is 2.11 bits per heavy atom. The summed E-state index contributed by atoms with van der Waals surface area (Å²) < 4.78 is 18.1. The molecule has 2 rings (SSSR count). The molecular formula is C10H17FN2O4S. The Hall–Kier alpha value is -0.410. The molecule has 0 aliphatic carbocycles. The molecule has 1 fully saturated rings. The highest BCUT2D eigenvalue weighted by Crippen LogP contribution is 2.37. The van der Waals surface area contributed by atoms with E-state index in [2.05, 4.69) is 4.99 Å². The average molecular weight is 280 g/mol. The number of halogens is 1. The van der Waals surface area contributed by atoms with E-state index in [1.165, 1.54) is 11.8 Å². The van der Waals surface area contributed by atoms with Gasteiger partial charge >= 0.3 is 0 Å². The average Bonchev–Trinajstić information content (AvgIpc) is 2.69. The number of nitrogens with zero attached hydrogens (tertiary/aromatic N) is 2. The number of thioether (sulfide) groups is 1. The number of rotatable bonds is 2. The van der Waals surface area contributed by atoms with Crippen molar-refractivity contribution in [1.29, 1.82) is 0 Å². The van der Waals surface area contributed by atoms with Crippen LogP contribution in [-0.2, 0) is 4.74 Å². The Kier molecular flexibility index (Phi) is 4.12. The van der Waals surface area contributed by atoms with E-state index in [-0.39, 0.29) is 6.42 Å². The topological polar surface area (TPSA) is 85.5 Å². The van der Waals surface area contributed by atoms with Gasteiger partial charge < -0.3 is 25.0 Å². The zero-order valence-electron chi connectivity index (χ0n) is 10.1. The second-order valence-electron chi connectivity index (χ2n) is 4.61. The van der Waals surface area contributed by atoms with Crippen LogP contribution in [0.4, 0.5) is 4.39 Å². The number of hydrogen-bond donors (Lipinski definition) is 3. The van der Waals surface area contributed by atoms with E-state index >= 15 is 0 Å². The van der Waals surface area contributed by atoms with E-state index in [4.69, 9.17) is 9.84 Å². The van der Waals surface area contributed by atoms with Crippen molar-refractivity contribution >= 4 is 16.9 Å². The maximum Gasteiger partial charge on any atom is 0.198 e. The highest BCUT2D eigenvalue weighted by atomic mass is 32.2. The number of aliphatic hydroxyl groups excluding tert-OH is 3. The maximum atomic E-state index is 12.6. The van der Waals surface area contributed by atoms with Gasteiger partial charge in [0.05, 0.1) is 6.10 Å². The normalized spacial score (nSPS) is 41.2. The van der Waals surface area contributed by atoms with E-state index in [9.17, 15) is 14.6 Å². The molecular weight excluding hydrogens is 263 g/mol. The van der Waals surface area contributed by atoms with E-state index in [0.29, 0.717) is 5.17 Å². The molecule has 0 aromatic carbocycles. The van der Waals surface area contributed by atoms with Crippen molar-refractivity contribution in [2.75, 3.05) is 14.1 Å². The van der Waals surface area contributed by atoms with E-state index in [1.54, 1.807) is 4.90 Å². The molecule has 2 aliphatic rings. The summed E-state index contributed by atoms with van der Waals surface area (Å²) in [6.45, 7) is 0. The van der Waals surface area contributed by atoms with Crippen molar-refractivity contribution in [2.24, 2.45) is 4.99 Å². The number of alkyl halides is 1. The van der Waals surface area contributed by atoms with Crippen molar-refractivity contribution in [1.82, 2.24) is 4.90 Å². The van der Waals surface area contributed by atoms with Crippen LogP contribution in [0.3, 0.4) is 0 Å². The minimum absolute atomic E-state index is 0.362. The minimum Gasteiger partial charge on any atom is -0.388 e. The molecule has 2 heterocycles. The van der Waals surface area contributed by atoms with Gasteiger partial charge in [-0.1, -0.05) is 11.8 Å². The second-order valence-corrected chi connectivity index (χ2v) is 5.67. The predicted molar refractivity (Wildman–Crippen MR) is 64.9 cm³/mol. The molecule has 18 heavy (non-hydrogen) atoms. The quantitative estimate of drug-likeness (QED) is 0.610. The zero-order valence-corrected chi connectivity index (χ0v) is 10.9. The Bertz CT molecular complexity index is 342. The highest BCUT2D eigenvalue weighted by Gasteiger charge is 2.48. The Labute approximate surface area is 108 Å². The van der Waals surface area contributed by atoms with Gasteiger partial charge in [0.25, 0.3) is 0 Å². The monoisotopic (exact) mass is 280 g/mol. The van der Waals surface area contributed by atoms with Gasteiger partial charge in [-0.25, -0.2) is 4.39 Å². The summed E-state index contributed by atoms with van der Waals surface area (Å²) in [5.74, 6) is 0. The molecule has 6 atom stereocenters. The number of amidine groups is 1. The third-order valence-electron chi connectivity index (χ3n) is 2.96. The molecule has 0 bridgehead atoms. The number of hydrogen-bond acceptors (Lipinski definition) is 7. The van der Waals surface area contributed by atoms with Crippen molar-refractivity contribution < 1.29 is 24.4 Å². The van der Waals surface area contributed by atoms with Gasteiger partial charge in [-0.2, -0.15) is 0 Å². The van der Waals surface area contributed by atoms with Crippen LogP contribution >= 0.6 is 11.8 Å². The van der Waals surface area contributed by atoms with E-state index in [1.807, 2.05) is 14.1 Å². The predicted octanol–water partition coefficient (Wildman–Crippen LogP) is -0.856. The standard InChI is InChI=1S/C10H17FN2O4S/c1-13(2)10-12-6-8(16)7(15)4(3-5(11)14)17-9(6)18-10/h4-9,14-16H,3H2,1-2H3/t4-,5+,6+,7+,8+,9+/m0/s1. The van der Waals surface area contributed by atoms with E-state index in [0.717, 1.165) is 0 Å². The van der Waals surface area contributed by atoms with Crippen LogP contribution in [0.15, 0.2) is 4.99 Å². The highest BCUT2D eigenvalue weighted by molar-refractivity contribution is 8.14. The third kappa shape index (κ3) is 2.62. The van der Waals surface area contributed by atoms with Crippen LogP contribution in [0.25, 0.3) is 0 Å². The molecule has 104 valence electrons. The zero-order chi connectivity index (χ0) is 13.4. The van der Waals surface area contributed by atoms with Gasteiger partial charge in [-0.15, -0.1) is 0 Å². The summed E-state index contributed by atoms with van der Waals surface area (Å²) in [6.07, 6.45) is -5.72. The van der Waals surface area contributed by atoms with Gasteiger partial charge in [0.15, 0.2) is 11.5 Å². The summed E-state index contributed by atoms with van der Waals surface area (Å²) in [4.78, 5) is 6.05. The summed E-state index contributed by atoms with van der Waals surface area (Å²) in [5.41, 5.74) is -0.454. The van der Waals surface area contributed by atoms with Gasteiger partial charge in [0.2, 0.25) is 0 Å². The Balaban J connectivity index is 2.09. The van der Waals surface area contributed by atoms with Crippen LogP contribution in [0, 0.1) is 0 Å². The Morgan fingerprint density at radius 1 is 1.44 bits per heavy atom. The molecule has 0 aromatic heterocycles. The number of aliphatic imine (C=N–C) groups is 1. The van der Waals surface area contributed by atoms with Crippen molar-refractivity contribution in [3.05, 3.63) is 0 Å². The fraction of sp³-hybridized carbons (Fsp3) is 0.900. The summed E-state index contributed by atoms with van der Waals surface area (Å²) in [5, 5.41) is 29.2. The van der Waals surface area contributed by atoms with Crippen LogP contribution < -0.4 is 0 Å². The van der Waals surface area contributed by atoms with Gasteiger partial charge in [0, 0.05) is 20.5 Å². The summed E-state index contributed by atoms with van der Waals surface area (Å²) >= 11 is 1.32. The van der Waals surface area contributed by atoms with Crippen LogP contribution in [-0.4, -0.2) is 75.6 Å². The SMILES string of the molecule is CN(C)C1=N[C@@H]2[C@@H](O)[C@H](O)[C@H](C[C@@H](O)F)O[C@@H]2S1. The second kappa shape index (κ2) is 5.30. The molecule has 3 N–H and O–H groups in total. The molecule has 6 nitrogen and oxygen atoms in total. The lowest BCUT2D eigenvalue weighted by Gasteiger charge is -2.38.